The van der Waals surface area contributed by atoms with Crippen molar-refractivity contribution in [2.24, 2.45) is 39.9 Å². The van der Waals surface area contributed by atoms with Crippen molar-refractivity contribution < 1.29 is 24.3 Å². The van der Waals surface area contributed by atoms with E-state index in [1.807, 2.05) is 20.8 Å². The number of nitrogens with one attached hydrogen (secondary N) is 3. The number of nitrogens with two attached hydrogens (primary N) is 3. The van der Waals surface area contributed by atoms with Gasteiger partial charge in [0.2, 0.25) is 17.7 Å². The van der Waals surface area contributed by atoms with E-state index in [1.165, 1.54) is 0 Å². The van der Waals surface area contributed by atoms with Crippen LogP contribution < -0.4 is 33.2 Å². The normalized spacial score (nSPS) is 15.5. The van der Waals surface area contributed by atoms with Gasteiger partial charge in [-0.15, -0.1) is 0 Å². The smallest absolute Gasteiger partial charge is 0.326 e. The molecular weight excluding hydrogens is 454 g/mol. The minimum Gasteiger partial charge on any atom is -0.480 e. The van der Waals surface area contributed by atoms with Crippen molar-refractivity contribution in [3.63, 3.8) is 0 Å². The van der Waals surface area contributed by atoms with Crippen molar-refractivity contribution in [3.8, 4) is 0 Å². The summed E-state index contributed by atoms with van der Waals surface area (Å²) >= 11 is 0. The summed E-state index contributed by atoms with van der Waals surface area (Å²) in [5, 5.41) is 17.5. The van der Waals surface area contributed by atoms with Gasteiger partial charge in [-0.3, -0.25) is 19.4 Å². The zero-order valence-corrected chi connectivity index (χ0v) is 21.8. The Labute approximate surface area is 208 Å². The Bertz CT molecular complexity index is 738. The molecule has 0 saturated carbocycles. The minimum atomic E-state index is -1.20. The molecular formula is C23H45N7O5. The van der Waals surface area contributed by atoms with Crippen LogP contribution in [0.15, 0.2) is 4.99 Å². The SMILES string of the molecule is CCC(C)C(NC(=O)C(CC(C)C)NC(=O)C(N)C(C)C)C(=O)NC(CCCN=C(N)N)C(=O)O. The molecule has 0 aromatic heterocycles. The second-order valence-corrected chi connectivity index (χ2v) is 9.68. The molecule has 5 unspecified atom stereocenters. The fourth-order valence-electron chi connectivity index (χ4n) is 3.25. The third kappa shape index (κ3) is 12.4. The van der Waals surface area contributed by atoms with Gasteiger partial charge >= 0.3 is 5.97 Å². The summed E-state index contributed by atoms with van der Waals surface area (Å²) in [7, 11) is 0. The van der Waals surface area contributed by atoms with E-state index >= 15 is 0 Å². The molecule has 202 valence electrons. The molecule has 0 aliphatic heterocycles. The number of hydrogen-bond acceptors (Lipinski definition) is 6. The molecule has 12 heteroatoms. The van der Waals surface area contributed by atoms with Crippen molar-refractivity contribution in [1.82, 2.24) is 16.0 Å². The molecule has 0 aromatic carbocycles. The number of aliphatic carboxylic acids is 1. The van der Waals surface area contributed by atoms with Crippen LogP contribution in [0.2, 0.25) is 0 Å². The highest BCUT2D eigenvalue weighted by Gasteiger charge is 2.33. The summed E-state index contributed by atoms with van der Waals surface area (Å²) in [4.78, 5) is 54.1. The lowest BCUT2D eigenvalue weighted by molar-refractivity contribution is -0.143. The van der Waals surface area contributed by atoms with Crippen LogP contribution in [-0.4, -0.2) is 65.5 Å². The number of aliphatic imine (C=N–C) groups is 1. The van der Waals surface area contributed by atoms with Crippen molar-refractivity contribution in [2.75, 3.05) is 6.54 Å². The van der Waals surface area contributed by atoms with Crippen molar-refractivity contribution in [2.45, 2.75) is 91.4 Å². The quantitative estimate of drug-likeness (QED) is 0.0844. The monoisotopic (exact) mass is 499 g/mol. The van der Waals surface area contributed by atoms with Crippen LogP contribution >= 0.6 is 0 Å². The van der Waals surface area contributed by atoms with Gasteiger partial charge in [0.1, 0.15) is 18.1 Å². The molecule has 0 saturated heterocycles. The van der Waals surface area contributed by atoms with Gasteiger partial charge in [-0.05, 0) is 37.0 Å². The first-order chi connectivity index (χ1) is 16.2. The third-order valence-electron chi connectivity index (χ3n) is 5.71. The maximum atomic E-state index is 13.1. The number of guanidine groups is 1. The standard InChI is InChI=1S/C23H45N7O5/c1-7-14(6)18(21(33)28-15(22(34)35)9-8-10-27-23(25)26)30-19(31)16(11-12(2)3)29-20(32)17(24)13(4)5/h12-18H,7-11,24H2,1-6H3,(H,28,33)(H,29,32)(H,30,31)(H,34,35)(H4,25,26,27). The maximum Gasteiger partial charge on any atom is 0.326 e. The maximum absolute atomic E-state index is 13.1. The molecule has 3 amide bonds. The van der Waals surface area contributed by atoms with E-state index in [9.17, 15) is 24.3 Å². The summed E-state index contributed by atoms with van der Waals surface area (Å²) in [5.74, 6) is -3.21. The predicted octanol–water partition coefficient (Wildman–Crippen LogP) is -0.345. The lowest BCUT2D eigenvalue weighted by Crippen LogP contribution is -2.59. The second kappa shape index (κ2) is 15.9. The molecule has 5 atom stereocenters. The number of carbonyl (C=O) groups excluding carboxylic acids is 3. The number of carboxylic acid groups (broad SMARTS) is 1. The summed E-state index contributed by atoms with van der Waals surface area (Å²) in [6, 6.07) is -3.82. The average molecular weight is 500 g/mol. The van der Waals surface area contributed by atoms with E-state index in [-0.39, 0.29) is 36.7 Å². The van der Waals surface area contributed by atoms with E-state index in [4.69, 9.17) is 17.2 Å². The summed E-state index contributed by atoms with van der Waals surface area (Å²) < 4.78 is 0. The highest BCUT2D eigenvalue weighted by Crippen LogP contribution is 2.12. The first kappa shape index (κ1) is 32.1. The predicted molar refractivity (Wildman–Crippen MR) is 135 cm³/mol. The Morgan fingerprint density at radius 1 is 0.886 bits per heavy atom. The molecule has 0 bridgehead atoms. The first-order valence-electron chi connectivity index (χ1n) is 12.2. The molecule has 12 nitrogen and oxygen atoms in total. The molecule has 0 fully saturated rings. The second-order valence-electron chi connectivity index (χ2n) is 9.68. The molecule has 35 heavy (non-hydrogen) atoms. The summed E-state index contributed by atoms with van der Waals surface area (Å²) in [6.07, 6.45) is 1.35. The Hall–Kier alpha value is -2.89. The zero-order chi connectivity index (χ0) is 27.3. The van der Waals surface area contributed by atoms with E-state index in [0.29, 0.717) is 19.3 Å². The van der Waals surface area contributed by atoms with E-state index in [0.717, 1.165) is 0 Å². The number of amides is 3. The fourth-order valence-corrected chi connectivity index (χ4v) is 3.25. The van der Waals surface area contributed by atoms with Crippen LogP contribution in [0.3, 0.4) is 0 Å². The molecule has 0 heterocycles. The summed E-state index contributed by atoms with van der Waals surface area (Å²) in [6.45, 7) is 11.3. The van der Waals surface area contributed by atoms with Gasteiger partial charge in [-0.2, -0.15) is 0 Å². The number of rotatable bonds is 16. The molecule has 0 radical (unpaired) electrons. The first-order valence-corrected chi connectivity index (χ1v) is 12.2. The molecule has 10 N–H and O–H groups in total. The van der Waals surface area contributed by atoms with Crippen molar-refractivity contribution >= 4 is 29.7 Å². The third-order valence-corrected chi connectivity index (χ3v) is 5.71. The largest absolute Gasteiger partial charge is 0.480 e. The molecule has 0 aromatic rings. The van der Waals surface area contributed by atoms with Gasteiger partial charge < -0.3 is 38.3 Å². The molecule has 0 aliphatic carbocycles. The van der Waals surface area contributed by atoms with Gasteiger partial charge in [-0.1, -0.05) is 48.0 Å². The van der Waals surface area contributed by atoms with Crippen molar-refractivity contribution in [3.05, 3.63) is 0 Å². The number of carbonyl (C=O) groups is 4. The summed E-state index contributed by atoms with van der Waals surface area (Å²) in [5.41, 5.74) is 16.5. The average Bonchev–Trinajstić information content (AvgIpc) is 2.76. The van der Waals surface area contributed by atoms with Crippen molar-refractivity contribution in [1.29, 1.82) is 0 Å². The van der Waals surface area contributed by atoms with Gasteiger partial charge in [0.15, 0.2) is 5.96 Å². The highest BCUT2D eigenvalue weighted by molar-refractivity contribution is 5.94. The number of nitrogens with zero attached hydrogens (tertiary/aromatic N) is 1. The topological polar surface area (TPSA) is 215 Å². The molecule has 0 aliphatic rings. The Balaban J connectivity index is 5.52. The number of carboxylic acids is 1. The van der Waals surface area contributed by atoms with Crippen LogP contribution in [-0.2, 0) is 19.2 Å². The molecule has 0 rings (SSSR count). The zero-order valence-electron chi connectivity index (χ0n) is 21.8. The van der Waals surface area contributed by atoms with Gasteiger partial charge in [0.25, 0.3) is 0 Å². The van der Waals surface area contributed by atoms with Crippen LogP contribution in [0.1, 0.15) is 67.2 Å². The van der Waals surface area contributed by atoms with Crippen LogP contribution in [0.4, 0.5) is 0 Å². The van der Waals surface area contributed by atoms with E-state index in [2.05, 4.69) is 20.9 Å². The number of hydrogen-bond donors (Lipinski definition) is 7. The van der Waals surface area contributed by atoms with Crippen LogP contribution in [0, 0.1) is 17.8 Å². The molecule has 0 spiro atoms. The van der Waals surface area contributed by atoms with Crippen LogP contribution in [0.5, 0.6) is 0 Å². The highest BCUT2D eigenvalue weighted by atomic mass is 16.4. The minimum absolute atomic E-state index is 0.0822. The Kier molecular flexibility index (Phi) is 14.6. The lowest BCUT2D eigenvalue weighted by Gasteiger charge is -2.29. The lowest BCUT2D eigenvalue weighted by atomic mass is 9.96. The van der Waals surface area contributed by atoms with Gasteiger partial charge in [0, 0.05) is 6.54 Å². The van der Waals surface area contributed by atoms with E-state index < -0.39 is 47.9 Å². The Morgan fingerprint density at radius 2 is 1.46 bits per heavy atom. The van der Waals surface area contributed by atoms with Gasteiger partial charge in [0.05, 0.1) is 6.04 Å². The fraction of sp³-hybridized carbons (Fsp3) is 0.783. The van der Waals surface area contributed by atoms with Gasteiger partial charge in [-0.25, -0.2) is 4.79 Å². The van der Waals surface area contributed by atoms with Crippen LogP contribution in [0.25, 0.3) is 0 Å². The Morgan fingerprint density at radius 3 is 1.91 bits per heavy atom. The van der Waals surface area contributed by atoms with E-state index in [1.54, 1.807) is 20.8 Å².